The Labute approximate surface area is 84.3 Å². The second-order valence-electron chi connectivity index (χ2n) is 2.77. The van der Waals surface area contributed by atoms with Gasteiger partial charge in [0.1, 0.15) is 5.69 Å². The van der Waals surface area contributed by atoms with Crippen molar-refractivity contribution in [2.45, 2.75) is 6.18 Å². The summed E-state index contributed by atoms with van der Waals surface area (Å²) in [5.41, 5.74) is -0.191. The van der Waals surface area contributed by atoms with Crippen molar-refractivity contribution in [2.75, 3.05) is 0 Å². The van der Waals surface area contributed by atoms with Crippen LogP contribution in [-0.2, 0) is 6.18 Å². The second kappa shape index (κ2) is 3.53. The third kappa shape index (κ3) is 1.85. The molecular weight excluding hydrogens is 215 g/mol. The zero-order valence-corrected chi connectivity index (χ0v) is 7.75. The zero-order valence-electron chi connectivity index (χ0n) is 6.93. The summed E-state index contributed by atoms with van der Waals surface area (Å²) in [5, 5.41) is 0.579. The maximum absolute atomic E-state index is 12.2. The molecule has 0 spiro atoms. The van der Waals surface area contributed by atoms with Crippen LogP contribution in [-0.4, -0.2) is 4.98 Å². The number of aromatic amines is 1. The van der Waals surface area contributed by atoms with Crippen molar-refractivity contribution in [3.63, 3.8) is 0 Å². The lowest BCUT2D eigenvalue weighted by Crippen LogP contribution is -2.04. The number of hydrogen-bond donors (Lipinski definition) is 1. The number of para-hydroxylation sites is 1. The number of nitrogens with one attached hydrogen (secondary N) is 1. The molecule has 1 heterocycles. The monoisotopic (exact) mass is 221 g/mol. The first-order valence-corrected chi connectivity index (χ1v) is 3.72. The molecular formula is C9H7ClF3N. The minimum Gasteiger partial charge on any atom is -0.351 e. The molecule has 0 radical (unpaired) electrons. The average Bonchev–Trinajstić information content (AvgIpc) is 2.45. The van der Waals surface area contributed by atoms with Crippen LogP contribution in [0.4, 0.5) is 13.2 Å². The highest BCUT2D eigenvalue weighted by Gasteiger charge is 2.32. The van der Waals surface area contributed by atoms with Crippen LogP contribution in [0.5, 0.6) is 0 Å². The predicted octanol–water partition coefficient (Wildman–Crippen LogP) is 3.61. The molecule has 0 saturated heterocycles. The first-order valence-electron chi connectivity index (χ1n) is 3.72. The number of H-pyrrole nitrogens is 1. The molecule has 0 atom stereocenters. The van der Waals surface area contributed by atoms with Gasteiger partial charge in [-0.25, -0.2) is 0 Å². The van der Waals surface area contributed by atoms with Gasteiger partial charge in [0.2, 0.25) is 0 Å². The first kappa shape index (κ1) is 10.9. The molecule has 2 rings (SSSR count). The Kier molecular flexibility index (Phi) is 2.76. The average molecular weight is 222 g/mol. The molecule has 0 aliphatic heterocycles. The summed E-state index contributed by atoms with van der Waals surface area (Å²) in [6, 6.07) is 7.76. The Morgan fingerprint density at radius 1 is 1.07 bits per heavy atom. The van der Waals surface area contributed by atoms with Crippen LogP contribution in [0, 0.1) is 0 Å². The van der Waals surface area contributed by atoms with E-state index in [1.807, 2.05) is 0 Å². The number of rotatable bonds is 0. The third-order valence-corrected chi connectivity index (χ3v) is 1.84. The van der Waals surface area contributed by atoms with E-state index in [0.717, 1.165) is 6.07 Å². The van der Waals surface area contributed by atoms with Crippen LogP contribution in [0.1, 0.15) is 5.69 Å². The number of benzene rings is 1. The van der Waals surface area contributed by atoms with Crippen molar-refractivity contribution < 1.29 is 13.2 Å². The number of aromatic nitrogens is 1. The summed E-state index contributed by atoms with van der Waals surface area (Å²) in [7, 11) is 0. The summed E-state index contributed by atoms with van der Waals surface area (Å²) < 4.78 is 36.6. The van der Waals surface area contributed by atoms with E-state index >= 15 is 0 Å². The van der Waals surface area contributed by atoms with Crippen molar-refractivity contribution in [2.24, 2.45) is 0 Å². The van der Waals surface area contributed by atoms with Gasteiger partial charge in [-0.15, -0.1) is 12.4 Å². The first-order chi connectivity index (χ1) is 6.07. The minimum absolute atomic E-state index is 0. The molecule has 0 aliphatic carbocycles. The van der Waals surface area contributed by atoms with Crippen molar-refractivity contribution in [3.8, 4) is 0 Å². The largest absolute Gasteiger partial charge is 0.431 e. The van der Waals surface area contributed by atoms with Crippen molar-refractivity contribution >= 4 is 23.3 Å². The van der Waals surface area contributed by atoms with E-state index in [-0.39, 0.29) is 12.4 Å². The highest BCUT2D eigenvalue weighted by atomic mass is 35.5. The smallest absolute Gasteiger partial charge is 0.351 e. The van der Waals surface area contributed by atoms with Crippen LogP contribution >= 0.6 is 12.4 Å². The van der Waals surface area contributed by atoms with Crippen LogP contribution in [0.25, 0.3) is 10.9 Å². The van der Waals surface area contributed by atoms with Crippen LogP contribution < -0.4 is 0 Å². The highest BCUT2D eigenvalue weighted by molar-refractivity contribution is 5.85. The minimum atomic E-state index is -4.29. The van der Waals surface area contributed by atoms with Gasteiger partial charge in [-0.2, -0.15) is 13.2 Å². The zero-order chi connectivity index (χ0) is 9.47. The number of alkyl halides is 3. The fourth-order valence-corrected chi connectivity index (χ4v) is 1.23. The molecule has 1 aromatic carbocycles. The quantitative estimate of drug-likeness (QED) is 0.700. The lowest BCUT2D eigenvalue weighted by Gasteiger charge is -2.00. The number of hydrogen-bond acceptors (Lipinski definition) is 0. The van der Waals surface area contributed by atoms with E-state index in [0.29, 0.717) is 10.9 Å². The summed E-state index contributed by atoms with van der Waals surface area (Å²) in [5.74, 6) is 0. The molecule has 1 aromatic heterocycles. The van der Waals surface area contributed by atoms with Crippen molar-refractivity contribution in [1.82, 2.24) is 4.98 Å². The van der Waals surface area contributed by atoms with Crippen molar-refractivity contribution in [1.29, 1.82) is 0 Å². The Morgan fingerprint density at radius 2 is 1.71 bits per heavy atom. The Hall–Kier alpha value is -1.16. The van der Waals surface area contributed by atoms with E-state index in [9.17, 15) is 13.2 Å². The molecule has 2 aromatic rings. The molecule has 1 N–H and O–H groups in total. The Bertz CT molecular complexity index is 400. The number of fused-ring (bicyclic) bond motifs is 1. The van der Waals surface area contributed by atoms with Gasteiger partial charge < -0.3 is 4.98 Å². The fourth-order valence-electron chi connectivity index (χ4n) is 1.23. The number of halogens is 4. The molecule has 0 amide bonds. The summed E-state index contributed by atoms with van der Waals surface area (Å²) in [4.78, 5) is 2.31. The molecule has 0 fully saturated rings. The van der Waals surface area contributed by atoms with E-state index in [2.05, 4.69) is 4.98 Å². The van der Waals surface area contributed by atoms with Gasteiger partial charge in [-0.3, -0.25) is 0 Å². The molecule has 1 nitrogen and oxygen atoms in total. The van der Waals surface area contributed by atoms with Crippen LogP contribution in [0.3, 0.4) is 0 Å². The van der Waals surface area contributed by atoms with Gasteiger partial charge in [0.15, 0.2) is 0 Å². The van der Waals surface area contributed by atoms with Gasteiger partial charge in [-0.1, -0.05) is 18.2 Å². The molecule has 0 unspecified atom stereocenters. The topological polar surface area (TPSA) is 15.8 Å². The molecule has 0 saturated carbocycles. The fraction of sp³-hybridized carbons (Fsp3) is 0.111. The van der Waals surface area contributed by atoms with E-state index in [4.69, 9.17) is 0 Å². The van der Waals surface area contributed by atoms with Gasteiger partial charge >= 0.3 is 6.18 Å². The summed E-state index contributed by atoms with van der Waals surface area (Å²) >= 11 is 0. The third-order valence-electron chi connectivity index (χ3n) is 1.84. The standard InChI is InChI=1S/C9H6F3N.ClH/c10-9(11,12)8-5-6-3-1-2-4-7(6)13-8;/h1-5,13H;1H. The maximum atomic E-state index is 12.2. The van der Waals surface area contributed by atoms with Crippen LogP contribution in [0.2, 0.25) is 0 Å². The van der Waals surface area contributed by atoms with E-state index in [1.165, 1.54) is 0 Å². The molecule has 14 heavy (non-hydrogen) atoms. The van der Waals surface area contributed by atoms with Gasteiger partial charge in [0, 0.05) is 5.52 Å². The molecule has 5 heteroatoms. The Morgan fingerprint density at radius 3 is 2.29 bits per heavy atom. The van der Waals surface area contributed by atoms with Gasteiger partial charge in [0.05, 0.1) is 0 Å². The summed E-state index contributed by atoms with van der Waals surface area (Å²) in [6.07, 6.45) is -4.29. The van der Waals surface area contributed by atoms with Crippen LogP contribution in [0.15, 0.2) is 30.3 Å². The normalized spacial score (nSPS) is 11.4. The van der Waals surface area contributed by atoms with Gasteiger partial charge in [-0.05, 0) is 17.5 Å². The van der Waals surface area contributed by atoms with E-state index < -0.39 is 11.9 Å². The predicted molar refractivity (Wildman–Crippen MR) is 50.5 cm³/mol. The van der Waals surface area contributed by atoms with Crippen molar-refractivity contribution in [3.05, 3.63) is 36.0 Å². The highest BCUT2D eigenvalue weighted by Crippen LogP contribution is 2.30. The second-order valence-corrected chi connectivity index (χ2v) is 2.77. The molecule has 0 bridgehead atoms. The maximum Gasteiger partial charge on any atom is 0.431 e. The molecule has 76 valence electrons. The lowest BCUT2D eigenvalue weighted by molar-refractivity contribution is -0.140. The Balaban J connectivity index is 0.000000980. The van der Waals surface area contributed by atoms with Gasteiger partial charge in [0.25, 0.3) is 0 Å². The SMILES string of the molecule is Cl.FC(F)(F)c1cc2ccccc2[nH]1. The van der Waals surface area contributed by atoms with E-state index in [1.54, 1.807) is 24.3 Å². The lowest BCUT2D eigenvalue weighted by atomic mass is 10.2. The molecule has 0 aliphatic rings. The summed E-state index contributed by atoms with van der Waals surface area (Å²) in [6.45, 7) is 0.